The van der Waals surface area contributed by atoms with E-state index in [1.165, 1.54) is 0 Å². The number of benzene rings is 1. The smallest absolute Gasteiger partial charge is 0.272 e. The summed E-state index contributed by atoms with van der Waals surface area (Å²) < 4.78 is 0. The Morgan fingerprint density at radius 1 is 1.41 bits per heavy atom. The van der Waals surface area contributed by atoms with Gasteiger partial charge in [0.25, 0.3) is 5.91 Å². The molecule has 0 aliphatic carbocycles. The van der Waals surface area contributed by atoms with E-state index in [0.29, 0.717) is 25.2 Å². The van der Waals surface area contributed by atoms with Gasteiger partial charge in [-0.15, -0.1) is 12.4 Å². The number of aromatic hydroxyl groups is 1. The minimum absolute atomic E-state index is 0. The van der Waals surface area contributed by atoms with Gasteiger partial charge in [-0.25, -0.2) is 0 Å². The van der Waals surface area contributed by atoms with Crippen molar-refractivity contribution in [1.29, 1.82) is 0 Å². The lowest BCUT2D eigenvalue weighted by molar-refractivity contribution is 0.0948. The molecular formula is C15H19ClN4O2. The van der Waals surface area contributed by atoms with Crippen molar-refractivity contribution in [3.05, 3.63) is 46.8 Å². The van der Waals surface area contributed by atoms with Gasteiger partial charge < -0.3 is 15.7 Å². The zero-order valence-electron chi connectivity index (χ0n) is 12.1. The van der Waals surface area contributed by atoms with E-state index < -0.39 is 0 Å². The normalized spacial score (nSPS) is 13.1. The van der Waals surface area contributed by atoms with Crippen molar-refractivity contribution in [2.24, 2.45) is 0 Å². The molecule has 6 nitrogen and oxygen atoms in total. The molecule has 0 bridgehead atoms. The highest BCUT2D eigenvalue weighted by atomic mass is 35.5. The van der Waals surface area contributed by atoms with Crippen molar-refractivity contribution in [2.75, 3.05) is 13.1 Å². The molecule has 1 amide bonds. The summed E-state index contributed by atoms with van der Waals surface area (Å²) in [6, 6.07) is 7.05. The van der Waals surface area contributed by atoms with E-state index in [1.54, 1.807) is 18.2 Å². The number of phenolic OH excluding ortho intramolecular Hbond substituents is 1. The van der Waals surface area contributed by atoms with Gasteiger partial charge in [0.1, 0.15) is 5.75 Å². The highest BCUT2D eigenvalue weighted by Gasteiger charge is 2.20. The lowest BCUT2D eigenvalue weighted by atomic mass is 10.1. The van der Waals surface area contributed by atoms with E-state index in [1.807, 2.05) is 6.07 Å². The Balaban J connectivity index is 0.00000176. The monoisotopic (exact) mass is 322 g/mol. The summed E-state index contributed by atoms with van der Waals surface area (Å²) in [5.41, 5.74) is 3.48. The molecule has 0 spiro atoms. The lowest BCUT2D eigenvalue weighted by Gasteiger charge is -2.12. The van der Waals surface area contributed by atoms with Crippen molar-refractivity contribution in [3.8, 4) is 5.75 Å². The molecule has 0 atom stereocenters. The minimum Gasteiger partial charge on any atom is -0.508 e. The molecule has 1 aliphatic heterocycles. The van der Waals surface area contributed by atoms with Crippen LogP contribution in [0.5, 0.6) is 5.75 Å². The topological polar surface area (TPSA) is 90.0 Å². The van der Waals surface area contributed by atoms with Crippen LogP contribution in [0.25, 0.3) is 0 Å². The van der Waals surface area contributed by atoms with E-state index in [0.717, 1.165) is 29.8 Å². The Kier molecular flexibility index (Phi) is 5.41. The van der Waals surface area contributed by atoms with Gasteiger partial charge in [0.2, 0.25) is 0 Å². The average molecular weight is 323 g/mol. The first-order valence-corrected chi connectivity index (χ1v) is 7.07. The van der Waals surface area contributed by atoms with Crippen molar-refractivity contribution < 1.29 is 9.90 Å². The fraction of sp³-hybridized carbons (Fsp3) is 0.333. The average Bonchev–Trinajstić information content (AvgIpc) is 2.91. The number of carbonyl (C=O) groups excluding carboxylic acids is 1. The summed E-state index contributed by atoms with van der Waals surface area (Å²) >= 11 is 0. The first kappa shape index (κ1) is 16.3. The van der Waals surface area contributed by atoms with Gasteiger partial charge in [0, 0.05) is 37.3 Å². The molecule has 118 valence electrons. The Bertz CT molecular complexity index is 657. The molecular weight excluding hydrogens is 304 g/mol. The van der Waals surface area contributed by atoms with Crippen molar-refractivity contribution in [2.45, 2.75) is 19.4 Å². The van der Waals surface area contributed by atoms with Crippen molar-refractivity contribution in [3.63, 3.8) is 0 Å². The van der Waals surface area contributed by atoms with Crippen LogP contribution in [0.3, 0.4) is 0 Å². The quantitative estimate of drug-likeness (QED) is 0.680. The van der Waals surface area contributed by atoms with Crippen LogP contribution >= 0.6 is 12.4 Å². The van der Waals surface area contributed by atoms with E-state index in [9.17, 15) is 9.90 Å². The minimum atomic E-state index is -0.156. The second-order valence-electron chi connectivity index (χ2n) is 5.13. The molecule has 4 N–H and O–H groups in total. The zero-order valence-corrected chi connectivity index (χ0v) is 12.9. The van der Waals surface area contributed by atoms with Gasteiger partial charge in [-0.3, -0.25) is 9.89 Å². The number of nitrogens with zero attached hydrogens (tertiary/aromatic N) is 1. The van der Waals surface area contributed by atoms with Crippen LogP contribution in [0, 0.1) is 0 Å². The van der Waals surface area contributed by atoms with Crippen molar-refractivity contribution in [1.82, 2.24) is 20.8 Å². The number of aromatic amines is 1. The largest absolute Gasteiger partial charge is 0.508 e. The summed E-state index contributed by atoms with van der Waals surface area (Å²) in [5.74, 6) is 0.0858. The molecule has 0 saturated heterocycles. The van der Waals surface area contributed by atoms with Crippen LogP contribution in [0.1, 0.15) is 27.3 Å². The molecule has 2 aromatic rings. The molecule has 0 radical (unpaired) electrons. The molecule has 0 unspecified atom stereocenters. The lowest BCUT2D eigenvalue weighted by Crippen LogP contribution is -2.29. The molecule has 2 heterocycles. The van der Waals surface area contributed by atoms with Gasteiger partial charge in [-0.1, -0.05) is 12.1 Å². The predicted octanol–water partition coefficient (Wildman–Crippen LogP) is 1.16. The fourth-order valence-electron chi connectivity index (χ4n) is 2.53. The molecule has 1 aliphatic rings. The number of rotatable bonds is 4. The summed E-state index contributed by atoms with van der Waals surface area (Å²) in [7, 11) is 0. The van der Waals surface area contributed by atoms with Gasteiger partial charge in [0.15, 0.2) is 5.69 Å². The van der Waals surface area contributed by atoms with Crippen LogP contribution < -0.4 is 10.6 Å². The van der Waals surface area contributed by atoms with E-state index in [-0.39, 0.29) is 24.1 Å². The molecule has 7 heteroatoms. The number of halogens is 1. The predicted molar refractivity (Wildman–Crippen MR) is 85.4 cm³/mol. The Labute approximate surface area is 134 Å². The number of fused-ring (bicyclic) bond motifs is 1. The second kappa shape index (κ2) is 7.29. The SMILES string of the molecule is Cl.O=C(NCCc1cccc(O)c1)c1n[nH]c2c1CNCC2. The van der Waals surface area contributed by atoms with Crippen molar-refractivity contribution >= 4 is 18.3 Å². The summed E-state index contributed by atoms with van der Waals surface area (Å²) in [4.78, 5) is 12.2. The van der Waals surface area contributed by atoms with Crippen LogP contribution in [0.15, 0.2) is 24.3 Å². The molecule has 1 aromatic heterocycles. The second-order valence-corrected chi connectivity index (χ2v) is 5.13. The highest BCUT2D eigenvalue weighted by molar-refractivity contribution is 5.94. The third-order valence-electron chi connectivity index (χ3n) is 3.63. The number of H-pyrrole nitrogens is 1. The number of carbonyl (C=O) groups is 1. The van der Waals surface area contributed by atoms with E-state index in [2.05, 4.69) is 20.8 Å². The van der Waals surface area contributed by atoms with Gasteiger partial charge in [0.05, 0.1) is 0 Å². The van der Waals surface area contributed by atoms with E-state index in [4.69, 9.17) is 0 Å². The maximum atomic E-state index is 12.2. The number of amides is 1. The highest BCUT2D eigenvalue weighted by Crippen LogP contribution is 2.15. The van der Waals surface area contributed by atoms with Crippen LogP contribution in [0.2, 0.25) is 0 Å². The Morgan fingerprint density at radius 3 is 3.09 bits per heavy atom. The molecule has 1 aromatic carbocycles. The van der Waals surface area contributed by atoms with Crippen LogP contribution in [-0.2, 0) is 19.4 Å². The van der Waals surface area contributed by atoms with Crippen LogP contribution in [0.4, 0.5) is 0 Å². The summed E-state index contributed by atoms with van der Waals surface area (Å²) in [6.07, 6.45) is 1.55. The summed E-state index contributed by atoms with van der Waals surface area (Å²) in [6.45, 7) is 2.10. The third kappa shape index (κ3) is 3.58. The maximum absolute atomic E-state index is 12.2. The van der Waals surface area contributed by atoms with Gasteiger partial charge in [-0.05, 0) is 24.1 Å². The standard InChI is InChI=1S/C15H18N4O2.ClH/c20-11-3-1-2-10(8-11)4-7-17-15(21)14-12-9-16-6-5-13(12)18-19-14;/h1-3,8,16,20H,4-7,9H2,(H,17,21)(H,18,19);1H. The first-order chi connectivity index (χ1) is 10.2. The third-order valence-corrected chi connectivity index (χ3v) is 3.63. The number of phenols is 1. The zero-order chi connectivity index (χ0) is 14.7. The number of hydrogen-bond acceptors (Lipinski definition) is 4. The first-order valence-electron chi connectivity index (χ1n) is 7.07. The number of nitrogens with one attached hydrogen (secondary N) is 3. The maximum Gasteiger partial charge on any atom is 0.272 e. The number of aromatic nitrogens is 2. The Hall–Kier alpha value is -2.05. The van der Waals surface area contributed by atoms with Crippen LogP contribution in [-0.4, -0.2) is 34.3 Å². The molecule has 3 rings (SSSR count). The molecule has 22 heavy (non-hydrogen) atoms. The van der Waals surface area contributed by atoms with E-state index >= 15 is 0 Å². The summed E-state index contributed by atoms with van der Waals surface area (Å²) in [5, 5.41) is 22.6. The molecule has 0 fully saturated rings. The fourth-order valence-corrected chi connectivity index (χ4v) is 2.53. The number of hydrogen-bond donors (Lipinski definition) is 4. The molecule has 0 saturated carbocycles. The Morgan fingerprint density at radius 2 is 2.27 bits per heavy atom. The van der Waals surface area contributed by atoms with Gasteiger partial charge >= 0.3 is 0 Å². The van der Waals surface area contributed by atoms with Gasteiger partial charge in [-0.2, -0.15) is 5.10 Å².